The zero-order valence-electron chi connectivity index (χ0n) is 17.1. The molecule has 0 aromatic rings. The minimum atomic E-state index is -5.24. The highest BCUT2D eigenvalue weighted by Crippen LogP contribution is 2.25. The molecule has 0 N–H and O–H groups in total. The molecule has 0 saturated carbocycles. The van der Waals surface area contributed by atoms with Crippen LogP contribution in [0, 0.1) is 0 Å². The topological polar surface area (TPSA) is 57.2 Å². The van der Waals surface area contributed by atoms with E-state index in [1.807, 2.05) is 0 Å². The first kappa shape index (κ1) is 30.6. The first-order valence-corrected chi connectivity index (χ1v) is 11.0. The Hall–Kier alpha value is -0.620. The molecule has 178 valence electrons. The standard InChI is InChI=1S/C9H13F7O3S.C8H20N/c10-2-1-4(11)6(13)8(15)9(16)7(14)5(12)3-20(17,18)19;1-5-9(6-2,7-3)8-4/h4-9H,1-3H2,(H,17,18,19);5-8H2,1-4H3/q;+1/p-1. The van der Waals surface area contributed by atoms with Crippen LogP contribution in [0.1, 0.15) is 34.1 Å². The molecule has 0 fully saturated rings. The van der Waals surface area contributed by atoms with Gasteiger partial charge in [-0.05, 0) is 27.7 Å². The molecule has 0 aromatic heterocycles. The van der Waals surface area contributed by atoms with Gasteiger partial charge >= 0.3 is 0 Å². The largest absolute Gasteiger partial charge is 0.748 e. The van der Waals surface area contributed by atoms with Crippen LogP contribution in [-0.4, -0.2) is 93.1 Å². The van der Waals surface area contributed by atoms with Gasteiger partial charge in [0.05, 0.1) is 48.7 Å². The fourth-order valence-electron chi connectivity index (χ4n) is 2.64. The number of rotatable bonds is 13. The summed E-state index contributed by atoms with van der Waals surface area (Å²) >= 11 is 0. The minimum absolute atomic E-state index is 1.10. The molecule has 4 nitrogen and oxygen atoms in total. The van der Waals surface area contributed by atoms with E-state index in [0.717, 1.165) is 0 Å². The fourth-order valence-corrected chi connectivity index (χ4v) is 3.22. The Labute approximate surface area is 168 Å². The monoisotopic (exact) mass is 463 g/mol. The summed E-state index contributed by atoms with van der Waals surface area (Å²) in [4.78, 5) is 0. The van der Waals surface area contributed by atoms with Crippen molar-refractivity contribution in [2.75, 3.05) is 38.6 Å². The van der Waals surface area contributed by atoms with Gasteiger partial charge in [0.1, 0.15) is 12.3 Å². The van der Waals surface area contributed by atoms with Crippen molar-refractivity contribution in [3.63, 3.8) is 0 Å². The number of hydrogen-bond acceptors (Lipinski definition) is 3. The van der Waals surface area contributed by atoms with Gasteiger partial charge in [0.2, 0.25) is 0 Å². The second-order valence-corrected chi connectivity index (χ2v) is 8.07. The van der Waals surface area contributed by atoms with E-state index < -0.39 is 66.0 Å². The van der Waals surface area contributed by atoms with Crippen molar-refractivity contribution in [2.45, 2.75) is 71.1 Å². The second kappa shape index (κ2) is 14.4. The molecule has 0 heterocycles. The number of hydrogen-bond donors (Lipinski definition) is 0. The molecule has 0 rings (SSSR count). The summed E-state index contributed by atoms with van der Waals surface area (Å²) in [5, 5.41) is 0. The average Bonchev–Trinajstić information content (AvgIpc) is 2.67. The predicted molar refractivity (Wildman–Crippen MR) is 97.0 cm³/mol. The molecule has 0 aromatic carbocycles. The summed E-state index contributed by atoms with van der Waals surface area (Å²) in [6, 6.07) is 0. The average molecular weight is 464 g/mol. The minimum Gasteiger partial charge on any atom is -0.748 e. The second-order valence-electron chi connectivity index (χ2n) is 6.62. The van der Waals surface area contributed by atoms with Gasteiger partial charge in [0.15, 0.2) is 24.7 Å². The van der Waals surface area contributed by atoms with E-state index in [0.29, 0.717) is 0 Å². The summed E-state index contributed by atoms with van der Waals surface area (Å²) in [5.74, 6) is -1.97. The summed E-state index contributed by atoms with van der Waals surface area (Å²) in [6.07, 6.45) is -20.8. The van der Waals surface area contributed by atoms with E-state index in [-0.39, 0.29) is 0 Å². The van der Waals surface area contributed by atoms with Gasteiger partial charge in [-0.3, -0.25) is 4.39 Å². The van der Waals surface area contributed by atoms with Crippen LogP contribution in [0.2, 0.25) is 0 Å². The van der Waals surface area contributed by atoms with E-state index in [2.05, 4.69) is 27.7 Å². The highest BCUT2D eigenvalue weighted by atomic mass is 32.2. The Bertz CT molecular complexity index is 506. The van der Waals surface area contributed by atoms with E-state index >= 15 is 0 Å². The number of nitrogens with zero attached hydrogens (tertiary/aromatic N) is 1. The van der Waals surface area contributed by atoms with Crippen molar-refractivity contribution in [1.82, 2.24) is 0 Å². The van der Waals surface area contributed by atoms with Gasteiger partial charge in [0.25, 0.3) is 0 Å². The van der Waals surface area contributed by atoms with Crippen LogP contribution in [0.25, 0.3) is 0 Å². The molecule has 0 aliphatic heterocycles. The Balaban J connectivity index is 0. The molecule has 0 amide bonds. The molecule has 0 saturated heterocycles. The molecule has 12 heteroatoms. The molecule has 29 heavy (non-hydrogen) atoms. The fraction of sp³-hybridized carbons (Fsp3) is 1.00. The van der Waals surface area contributed by atoms with Gasteiger partial charge in [0, 0.05) is 6.42 Å². The van der Waals surface area contributed by atoms with E-state index in [9.17, 15) is 43.7 Å². The molecule has 0 aliphatic rings. The predicted octanol–water partition coefficient (Wildman–Crippen LogP) is 3.80. The summed E-state index contributed by atoms with van der Waals surface area (Å²) < 4.78 is 121. The van der Waals surface area contributed by atoms with Gasteiger partial charge in [-0.15, -0.1) is 0 Å². The summed E-state index contributed by atoms with van der Waals surface area (Å²) in [5.41, 5.74) is 0. The normalized spacial score (nSPS) is 18.8. The first-order valence-electron chi connectivity index (χ1n) is 9.44. The van der Waals surface area contributed by atoms with E-state index in [1.54, 1.807) is 0 Å². The van der Waals surface area contributed by atoms with Gasteiger partial charge < -0.3 is 9.04 Å². The van der Waals surface area contributed by atoms with Crippen molar-refractivity contribution in [3.8, 4) is 0 Å². The number of quaternary nitrogens is 1. The molecule has 6 unspecified atom stereocenters. The highest BCUT2D eigenvalue weighted by Gasteiger charge is 2.43. The van der Waals surface area contributed by atoms with Crippen LogP contribution >= 0.6 is 0 Å². The lowest BCUT2D eigenvalue weighted by atomic mass is 10.0. The third-order valence-electron chi connectivity index (χ3n) is 5.04. The van der Waals surface area contributed by atoms with Crippen molar-refractivity contribution in [2.24, 2.45) is 0 Å². The SMILES string of the molecule is CC[N+](CC)(CC)CC.O=S(=O)([O-])CC(F)C(F)C(F)C(F)C(F)C(F)CCF. The van der Waals surface area contributed by atoms with Gasteiger partial charge in [-0.25, -0.2) is 34.8 Å². The smallest absolute Gasteiger partial charge is 0.168 e. The first-order chi connectivity index (χ1) is 13.3. The highest BCUT2D eigenvalue weighted by molar-refractivity contribution is 7.85. The van der Waals surface area contributed by atoms with Crippen molar-refractivity contribution in [1.29, 1.82) is 0 Å². The van der Waals surface area contributed by atoms with Crippen molar-refractivity contribution < 1.29 is 48.2 Å². The maximum Gasteiger partial charge on any atom is 0.168 e. The molecular formula is C17H32F7NO3S. The van der Waals surface area contributed by atoms with Gasteiger partial charge in [-0.1, -0.05) is 0 Å². The third kappa shape index (κ3) is 11.4. The Kier molecular flexibility index (Phi) is 15.2. The molecule has 6 atom stereocenters. The zero-order chi connectivity index (χ0) is 23.4. The van der Waals surface area contributed by atoms with Crippen molar-refractivity contribution in [3.05, 3.63) is 0 Å². The molecule has 0 spiro atoms. The molecule has 0 radical (unpaired) electrons. The third-order valence-corrected chi connectivity index (χ3v) is 5.76. The Morgan fingerprint density at radius 3 is 1.31 bits per heavy atom. The van der Waals surface area contributed by atoms with Crippen LogP contribution < -0.4 is 0 Å². The molecule has 0 aliphatic carbocycles. The number of alkyl halides is 7. The lowest BCUT2D eigenvalue weighted by Gasteiger charge is -2.34. The maximum atomic E-state index is 13.1. The van der Waals surface area contributed by atoms with Crippen molar-refractivity contribution >= 4 is 10.1 Å². The summed E-state index contributed by atoms with van der Waals surface area (Å²) in [6.45, 7) is 12.9. The lowest BCUT2D eigenvalue weighted by molar-refractivity contribution is -0.921. The van der Waals surface area contributed by atoms with Gasteiger partial charge in [-0.2, -0.15) is 0 Å². The van der Waals surface area contributed by atoms with Crippen LogP contribution in [0.15, 0.2) is 0 Å². The number of halogens is 7. The van der Waals surface area contributed by atoms with E-state index in [4.69, 9.17) is 0 Å². The lowest BCUT2D eigenvalue weighted by Crippen LogP contribution is -2.47. The molecular weight excluding hydrogens is 431 g/mol. The van der Waals surface area contributed by atoms with Crippen LogP contribution in [0.5, 0.6) is 0 Å². The molecule has 0 bridgehead atoms. The maximum absolute atomic E-state index is 13.1. The Morgan fingerprint density at radius 2 is 1.07 bits per heavy atom. The van der Waals surface area contributed by atoms with Crippen LogP contribution in [0.4, 0.5) is 30.7 Å². The Morgan fingerprint density at radius 1 is 0.724 bits per heavy atom. The van der Waals surface area contributed by atoms with Crippen LogP contribution in [0.3, 0.4) is 0 Å². The van der Waals surface area contributed by atoms with Crippen LogP contribution in [-0.2, 0) is 10.1 Å². The quantitative estimate of drug-likeness (QED) is 0.237. The zero-order valence-corrected chi connectivity index (χ0v) is 18.0. The summed E-state index contributed by atoms with van der Waals surface area (Å²) in [7, 11) is -5.24. The van der Waals surface area contributed by atoms with E-state index in [1.165, 1.54) is 30.7 Å².